The van der Waals surface area contributed by atoms with Gasteiger partial charge in [-0.2, -0.15) is 0 Å². The summed E-state index contributed by atoms with van der Waals surface area (Å²) in [5.74, 6) is 0. The first-order chi connectivity index (χ1) is 8.12. The normalized spacial score (nSPS) is 12.7. The Morgan fingerprint density at radius 2 is 1.83 bits per heavy atom. The van der Waals surface area contributed by atoms with E-state index in [-0.39, 0.29) is 15.3 Å². The van der Waals surface area contributed by atoms with Crippen LogP contribution in [0.5, 0.6) is 0 Å². The van der Waals surface area contributed by atoms with Crippen LogP contribution >= 0.6 is 23.2 Å². The lowest BCUT2D eigenvalue weighted by Gasteiger charge is -2.18. The van der Waals surface area contributed by atoms with Gasteiger partial charge in [0.25, 0.3) is 0 Å². The van der Waals surface area contributed by atoms with Crippen molar-refractivity contribution in [3.05, 3.63) is 28.2 Å². The lowest BCUT2D eigenvalue weighted by Crippen LogP contribution is -2.27. The maximum absolute atomic E-state index is 12.0. The average Bonchev–Trinajstić information content (AvgIpc) is 2.19. The van der Waals surface area contributed by atoms with Gasteiger partial charge in [0.05, 0.1) is 5.02 Å². The minimum atomic E-state index is -3.60. The average molecular weight is 310 g/mol. The highest BCUT2D eigenvalue weighted by Crippen LogP contribution is 2.25. The van der Waals surface area contributed by atoms with E-state index in [1.54, 1.807) is 6.07 Å². The van der Waals surface area contributed by atoms with Gasteiger partial charge in [0.1, 0.15) is 4.90 Å². The standard InChI is InChI=1S/C12H17Cl2NO2S/c1-12(2,3)6-7-15-18(16,17)11-8-9(13)4-5-10(11)14/h4-5,8,15H,6-7H2,1-3H3. The van der Waals surface area contributed by atoms with Gasteiger partial charge in [-0.15, -0.1) is 0 Å². The van der Waals surface area contributed by atoms with E-state index in [0.29, 0.717) is 11.6 Å². The number of nitrogens with one attached hydrogen (secondary N) is 1. The van der Waals surface area contributed by atoms with Gasteiger partial charge >= 0.3 is 0 Å². The van der Waals surface area contributed by atoms with Crippen LogP contribution in [-0.2, 0) is 10.0 Å². The van der Waals surface area contributed by atoms with Crippen molar-refractivity contribution in [3.63, 3.8) is 0 Å². The predicted octanol–water partition coefficient (Wildman–Crippen LogP) is 3.71. The van der Waals surface area contributed by atoms with Crippen molar-refractivity contribution >= 4 is 33.2 Å². The molecule has 1 aromatic carbocycles. The molecule has 1 rings (SSSR count). The topological polar surface area (TPSA) is 46.2 Å². The van der Waals surface area contributed by atoms with Crippen molar-refractivity contribution in [2.45, 2.75) is 32.1 Å². The Bertz CT molecular complexity index is 521. The zero-order valence-corrected chi connectivity index (χ0v) is 13.0. The number of rotatable bonds is 4. The van der Waals surface area contributed by atoms with Gasteiger partial charge < -0.3 is 0 Å². The third-order valence-electron chi connectivity index (χ3n) is 2.35. The molecule has 0 fully saturated rings. The van der Waals surface area contributed by atoms with Gasteiger partial charge in [0.2, 0.25) is 10.0 Å². The molecule has 1 aromatic rings. The molecule has 18 heavy (non-hydrogen) atoms. The van der Waals surface area contributed by atoms with Gasteiger partial charge in [0, 0.05) is 11.6 Å². The Balaban J connectivity index is 2.84. The molecule has 0 aliphatic carbocycles. The van der Waals surface area contributed by atoms with E-state index in [1.807, 2.05) is 20.8 Å². The van der Waals surface area contributed by atoms with Crippen molar-refractivity contribution in [1.82, 2.24) is 4.72 Å². The summed E-state index contributed by atoms with van der Waals surface area (Å²) in [6.07, 6.45) is 0.740. The summed E-state index contributed by atoms with van der Waals surface area (Å²) in [6.45, 7) is 6.52. The third-order valence-corrected chi connectivity index (χ3v) is 4.53. The Morgan fingerprint density at radius 1 is 1.22 bits per heavy atom. The van der Waals surface area contributed by atoms with Crippen LogP contribution < -0.4 is 4.72 Å². The van der Waals surface area contributed by atoms with Crippen LogP contribution in [0, 0.1) is 5.41 Å². The van der Waals surface area contributed by atoms with Crippen LogP contribution in [-0.4, -0.2) is 15.0 Å². The maximum atomic E-state index is 12.0. The second kappa shape index (κ2) is 5.78. The molecule has 0 amide bonds. The van der Waals surface area contributed by atoms with Crippen LogP contribution in [0.25, 0.3) is 0 Å². The first-order valence-corrected chi connectivity index (χ1v) is 7.80. The molecule has 0 aromatic heterocycles. The molecule has 0 atom stereocenters. The van der Waals surface area contributed by atoms with Crippen LogP contribution in [0.3, 0.4) is 0 Å². The summed E-state index contributed by atoms with van der Waals surface area (Å²) in [6, 6.07) is 4.38. The van der Waals surface area contributed by atoms with Crippen LogP contribution in [0.2, 0.25) is 10.0 Å². The SMILES string of the molecule is CC(C)(C)CCNS(=O)(=O)c1cc(Cl)ccc1Cl. The summed E-state index contributed by atoms with van der Waals surface area (Å²) in [5.41, 5.74) is 0.0701. The highest BCUT2D eigenvalue weighted by molar-refractivity contribution is 7.89. The van der Waals surface area contributed by atoms with Gasteiger partial charge in [-0.1, -0.05) is 44.0 Å². The number of sulfonamides is 1. The molecule has 0 saturated heterocycles. The zero-order chi connectivity index (χ0) is 14.0. The molecule has 0 bridgehead atoms. The van der Waals surface area contributed by atoms with Gasteiger partial charge in [-0.3, -0.25) is 0 Å². The second-order valence-electron chi connectivity index (χ2n) is 5.28. The van der Waals surface area contributed by atoms with E-state index in [2.05, 4.69) is 4.72 Å². The minimum absolute atomic E-state index is 0.0191. The molecule has 0 heterocycles. The van der Waals surface area contributed by atoms with Crippen molar-refractivity contribution in [3.8, 4) is 0 Å². The summed E-state index contributed by atoms with van der Waals surface area (Å²) >= 11 is 11.7. The van der Waals surface area contributed by atoms with Crippen LogP contribution in [0.4, 0.5) is 0 Å². The monoisotopic (exact) mass is 309 g/mol. The van der Waals surface area contributed by atoms with Gasteiger partial charge in [0.15, 0.2) is 0 Å². The molecule has 0 unspecified atom stereocenters. The molecular weight excluding hydrogens is 293 g/mol. The van der Waals surface area contributed by atoms with Crippen molar-refractivity contribution < 1.29 is 8.42 Å². The van der Waals surface area contributed by atoms with E-state index < -0.39 is 10.0 Å². The van der Waals surface area contributed by atoms with Crippen molar-refractivity contribution in [2.24, 2.45) is 5.41 Å². The fourth-order valence-corrected chi connectivity index (χ4v) is 3.11. The summed E-state index contributed by atoms with van der Waals surface area (Å²) in [4.78, 5) is 0.0191. The van der Waals surface area contributed by atoms with E-state index in [9.17, 15) is 8.42 Å². The third kappa shape index (κ3) is 4.76. The predicted molar refractivity (Wildman–Crippen MR) is 75.7 cm³/mol. The van der Waals surface area contributed by atoms with Crippen molar-refractivity contribution in [2.75, 3.05) is 6.54 Å². The van der Waals surface area contributed by atoms with Crippen molar-refractivity contribution in [1.29, 1.82) is 0 Å². The lowest BCUT2D eigenvalue weighted by molar-refractivity contribution is 0.378. The maximum Gasteiger partial charge on any atom is 0.242 e. The Morgan fingerprint density at radius 3 is 2.39 bits per heavy atom. The highest BCUT2D eigenvalue weighted by atomic mass is 35.5. The van der Waals surface area contributed by atoms with E-state index >= 15 is 0 Å². The molecule has 6 heteroatoms. The molecular formula is C12H17Cl2NO2S. The first kappa shape index (κ1) is 15.8. The summed E-state index contributed by atoms with van der Waals surface area (Å²) < 4.78 is 26.6. The Hall–Kier alpha value is -0.290. The Labute approximate surface area is 119 Å². The smallest absolute Gasteiger partial charge is 0.211 e. The largest absolute Gasteiger partial charge is 0.242 e. The fourth-order valence-electron chi connectivity index (χ4n) is 1.32. The number of hydrogen-bond donors (Lipinski definition) is 1. The van der Waals surface area contributed by atoms with E-state index in [0.717, 1.165) is 6.42 Å². The lowest BCUT2D eigenvalue weighted by atomic mass is 9.93. The molecule has 0 saturated carbocycles. The van der Waals surface area contributed by atoms with Gasteiger partial charge in [-0.25, -0.2) is 13.1 Å². The number of hydrogen-bond acceptors (Lipinski definition) is 2. The summed E-state index contributed by atoms with van der Waals surface area (Å²) in [5, 5.41) is 0.512. The van der Waals surface area contributed by atoms with E-state index in [4.69, 9.17) is 23.2 Å². The van der Waals surface area contributed by atoms with Crippen LogP contribution in [0.1, 0.15) is 27.2 Å². The first-order valence-electron chi connectivity index (χ1n) is 5.56. The van der Waals surface area contributed by atoms with E-state index in [1.165, 1.54) is 12.1 Å². The fraction of sp³-hybridized carbons (Fsp3) is 0.500. The number of benzene rings is 1. The number of halogens is 2. The molecule has 3 nitrogen and oxygen atoms in total. The second-order valence-corrected chi connectivity index (χ2v) is 7.86. The Kier molecular flexibility index (Phi) is 5.06. The molecule has 0 aliphatic rings. The molecule has 102 valence electrons. The molecule has 0 spiro atoms. The quantitative estimate of drug-likeness (QED) is 0.921. The van der Waals surface area contributed by atoms with Crippen LogP contribution in [0.15, 0.2) is 23.1 Å². The van der Waals surface area contributed by atoms with Gasteiger partial charge in [-0.05, 0) is 30.0 Å². The highest BCUT2D eigenvalue weighted by Gasteiger charge is 2.19. The molecule has 0 aliphatic heterocycles. The summed E-state index contributed by atoms with van der Waals surface area (Å²) in [7, 11) is -3.60. The molecule has 1 N–H and O–H groups in total. The zero-order valence-electron chi connectivity index (χ0n) is 10.6. The molecule has 0 radical (unpaired) electrons. The minimum Gasteiger partial charge on any atom is -0.211 e.